The fourth-order valence-electron chi connectivity index (χ4n) is 1.01. The molecular weight excluding hydrogens is 477 g/mol. The number of rotatable bonds is 0. The van der Waals surface area contributed by atoms with E-state index in [0.717, 1.165) is 0 Å². The normalized spacial score (nSPS) is 13.7. The van der Waals surface area contributed by atoms with Crippen LogP contribution in [0.15, 0.2) is 0 Å². The molecule has 0 spiro atoms. The van der Waals surface area contributed by atoms with Gasteiger partial charge in [0.15, 0.2) is 0 Å². The molecule has 0 atom stereocenters. The van der Waals surface area contributed by atoms with E-state index in [1.807, 2.05) is 0 Å². The molecule has 1 fully saturated rings. The van der Waals surface area contributed by atoms with Crippen LogP contribution >= 0.6 is 35.0 Å². The number of thioether (sulfide) groups is 1. The van der Waals surface area contributed by atoms with Crippen molar-refractivity contribution >= 4 is 35.0 Å². The number of hydrogen-bond donors (Lipinski definition) is 0. The second-order valence-corrected chi connectivity index (χ2v) is 5.00. The van der Waals surface area contributed by atoms with Crippen LogP contribution in [0.5, 0.6) is 0 Å². The molecule has 1 heterocycles. The molecule has 0 saturated carbocycles. The van der Waals surface area contributed by atoms with Gasteiger partial charge in [-0.15, -0.1) is 6.07 Å². The van der Waals surface area contributed by atoms with Gasteiger partial charge in [-0.3, -0.25) is 0 Å². The Morgan fingerprint density at radius 2 is 1.35 bits per heavy atom. The standard InChI is InChI=1S/C6Cl2F3.C4H8S.Au/c7-4-2(9)1-3(10)5(8)6(4)11;1-2-4-5-3-1;/h;1-4H2;/q-1;;+1. The van der Waals surface area contributed by atoms with Crippen LogP contribution < -0.4 is 0 Å². The molecule has 0 unspecified atom stereocenters. The molecule has 0 amide bonds. The number of halogens is 5. The Morgan fingerprint density at radius 3 is 1.65 bits per heavy atom. The second kappa shape index (κ2) is 8.73. The van der Waals surface area contributed by atoms with Gasteiger partial charge in [-0.05, 0) is 24.3 Å². The molecule has 1 aliphatic rings. The van der Waals surface area contributed by atoms with Crippen molar-refractivity contribution in [1.29, 1.82) is 0 Å². The third-order valence-electron chi connectivity index (χ3n) is 1.82. The van der Waals surface area contributed by atoms with Gasteiger partial charge < -0.3 is 0 Å². The minimum Gasteiger partial charge on any atom is -0.234 e. The third kappa shape index (κ3) is 5.45. The van der Waals surface area contributed by atoms with Gasteiger partial charge in [-0.2, -0.15) is 35.0 Å². The molecule has 0 aliphatic carbocycles. The van der Waals surface area contributed by atoms with Gasteiger partial charge in [-0.25, -0.2) is 13.2 Å². The molecule has 2 rings (SSSR count). The minimum absolute atomic E-state index is 0. The van der Waals surface area contributed by atoms with Crippen molar-refractivity contribution in [3.05, 3.63) is 33.6 Å². The molecule has 1 aromatic carbocycles. The first-order valence-electron chi connectivity index (χ1n) is 4.52. The van der Waals surface area contributed by atoms with Crippen molar-refractivity contribution in [2.75, 3.05) is 11.5 Å². The van der Waals surface area contributed by atoms with Gasteiger partial charge in [-0.1, -0.05) is 0 Å². The summed E-state index contributed by atoms with van der Waals surface area (Å²) in [5, 5.41) is -1.70. The predicted octanol–water partition coefficient (Wildman–Crippen LogP) is 4.72. The molecule has 1 aromatic rings. The van der Waals surface area contributed by atoms with Gasteiger partial charge in [0.1, 0.15) is 0 Å². The van der Waals surface area contributed by atoms with Crippen LogP contribution in [0.1, 0.15) is 12.8 Å². The topological polar surface area (TPSA) is 0 Å². The molecule has 0 radical (unpaired) electrons. The molecule has 0 aromatic heterocycles. The summed E-state index contributed by atoms with van der Waals surface area (Å²) < 4.78 is 37.1. The second-order valence-electron chi connectivity index (χ2n) is 3.01. The molecule has 1 saturated heterocycles. The van der Waals surface area contributed by atoms with Gasteiger partial charge >= 0.3 is 22.4 Å². The Kier molecular flexibility index (Phi) is 9.07. The van der Waals surface area contributed by atoms with E-state index in [-0.39, 0.29) is 22.4 Å². The first-order chi connectivity index (χ1) is 7.54. The van der Waals surface area contributed by atoms with Crippen molar-refractivity contribution in [2.24, 2.45) is 0 Å². The van der Waals surface area contributed by atoms with Crippen molar-refractivity contribution in [3.63, 3.8) is 0 Å². The van der Waals surface area contributed by atoms with E-state index in [9.17, 15) is 13.2 Å². The Bertz CT molecular complexity index is 339. The van der Waals surface area contributed by atoms with E-state index in [1.165, 1.54) is 30.4 Å². The molecule has 0 N–H and O–H groups in total. The Balaban J connectivity index is 0.000000360. The zero-order valence-corrected chi connectivity index (χ0v) is 12.9. The zero-order valence-electron chi connectivity index (χ0n) is 8.43. The van der Waals surface area contributed by atoms with Crippen LogP contribution in [0, 0.1) is 23.5 Å². The van der Waals surface area contributed by atoms with Gasteiger partial charge in [0.25, 0.3) is 0 Å². The van der Waals surface area contributed by atoms with E-state index in [0.29, 0.717) is 0 Å². The molecule has 7 heteroatoms. The average Bonchev–Trinajstić information content (AvgIpc) is 2.82. The predicted molar refractivity (Wildman–Crippen MR) is 61.7 cm³/mol. The molecule has 0 nitrogen and oxygen atoms in total. The van der Waals surface area contributed by atoms with Crippen LogP contribution in [0.2, 0.25) is 10.0 Å². The molecule has 17 heavy (non-hydrogen) atoms. The third-order valence-corrected chi connectivity index (χ3v) is 3.64. The summed E-state index contributed by atoms with van der Waals surface area (Å²) in [6.07, 6.45) is 2.93. The number of benzene rings is 1. The molecule has 1 aliphatic heterocycles. The molecular formula is C10H8AuCl2F3S. The Hall–Kier alpha value is 0.680. The van der Waals surface area contributed by atoms with E-state index in [2.05, 4.69) is 11.8 Å². The summed E-state index contributed by atoms with van der Waals surface area (Å²) in [7, 11) is 0. The van der Waals surface area contributed by atoms with Crippen LogP contribution in [-0.4, -0.2) is 11.5 Å². The maximum atomic E-state index is 12.5. The SMILES string of the molecule is C1CCSC1.Fc1[c-]c(F)c(Cl)c(F)c1Cl.[Au+]. The molecule has 0 bridgehead atoms. The smallest absolute Gasteiger partial charge is 0.234 e. The van der Waals surface area contributed by atoms with Crippen molar-refractivity contribution in [1.82, 2.24) is 0 Å². The van der Waals surface area contributed by atoms with E-state index < -0.39 is 27.5 Å². The Morgan fingerprint density at radius 1 is 0.941 bits per heavy atom. The minimum atomic E-state index is -1.30. The van der Waals surface area contributed by atoms with Crippen molar-refractivity contribution in [3.8, 4) is 0 Å². The van der Waals surface area contributed by atoms with Crippen LogP contribution in [0.25, 0.3) is 0 Å². The summed E-state index contributed by atoms with van der Waals surface area (Å²) in [5.41, 5.74) is 0. The van der Waals surface area contributed by atoms with E-state index in [4.69, 9.17) is 23.2 Å². The summed E-state index contributed by atoms with van der Waals surface area (Å²) in [5.74, 6) is -1.04. The zero-order chi connectivity index (χ0) is 12.1. The van der Waals surface area contributed by atoms with E-state index in [1.54, 1.807) is 0 Å². The fraction of sp³-hybridized carbons (Fsp3) is 0.400. The van der Waals surface area contributed by atoms with Gasteiger partial charge in [0.05, 0.1) is 5.82 Å². The van der Waals surface area contributed by atoms with Crippen LogP contribution in [0.4, 0.5) is 13.2 Å². The van der Waals surface area contributed by atoms with Gasteiger partial charge in [0.2, 0.25) is 0 Å². The summed E-state index contributed by atoms with van der Waals surface area (Å²) in [6, 6.07) is 1.51. The summed E-state index contributed by atoms with van der Waals surface area (Å²) >= 11 is 12.1. The summed E-state index contributed by atoms with van der Waals surface area (Å²) in [4.78, 5) is 0. The maximum Gasteiger partial charge on any atom is 1.00 e. The monoisotopic (exact) mass is 484 g/mol. The number of hydrogen-bond acceptors (Lipinski definition) is 1. The first-order valence-corrected chi connectivity index (χ1v) is 6.43. The van der Waals surface area contributed by atoms with Crippen LogP contribution in [0.3, 0.4) is 0 Å². The molecule has 100 valence electrons. The Labute approximate surface area is 128 Å². The maximum absolute atomic E-state index is 12.5. The first kappa shape index (κ1) is 17.7. The average molecular weight is 485 g/mol. The van der Waals surface area contributed by atoms with Crippen LogP contribution in [-0.2, 0) is 22.4 Å². The fourth-order valence-corrected chi connectivity index (χ4v) is 2.36. The summed E-state index contributed by atoms with van der Waals surface area (Å²) in [6.45, 7) is 0. The van der Waals surface area contributed by atoms with Crippen molar-refractivity contribution < 1.29 is 35.6 Å². The van der Waals surface area contributed by atoms with Gasteiger partial charge in [0, 0.05) is 21.7 Å². The quantitative estimate of drug-likeness (QED) is 0.222. The van der Waals surface area contributed by atoms with Crippen molar-refractivity contribution in [2.45, 2.75) is 12.8 Å². The largest absolute Gasteiger partial charge is 1.00 e. The van der Waals surface area contributed by atoms with E-state index >= 15 is 0 Å².